The monoisotopic (exact) mass is 261 g/mol. The van der Waals surface area contributed by atoms with Gasteiger partial charge in [-0.05, 0) is 30.3 Å². The van der Waals surface area contributed by atoms with Gasteiger partial charge in [-0.3, -0.25) is 0 Å². The molecule has 0 saturated carbocycles. The van der Waals surface area contributed by atoms with Gasteiger partial charge in [0, 0.05) is 23.2 Å². The minimum atomic E-state index is 0.669. The Morgan fingerprint density at radius 1 is 1.15 bits per heavy atom. The fourth-order valence-corrected chi connectivity index (χ4v) is 1.81. The first-order valence-corrected chi connectivity index (χ1v) is 6.04. The lowest BCUT2D eigenvalue weighted by molar-refractivity contribution is 0.405. The van der Waals surface area contributed by atoms with Crippen molar-refractivity contribution in [2.45, 2.75) is 0 Å². The molecule has 0 aliphatic rings. The van der Waals surface area contributed by atoms with Crippen molar-refractivity contribution in [2.75, 3.05) is 5.48 Å². The largest absolute Gasteiger partial charge is 0.382 e. The van der Waals surface area contributed by atoms with Gasteiger partial charge in [-0.15, -0.1) is 6.42 Å². The van der Waals surface area contributed by atoms with Crippen LogP contribution in [0.3, 0.4) is 0 Å². The van der Waals surface area contributed by atoms with Gasteiger partial charge in [-0.25, -0.2) is 15.4 Å². The number of fused-ring (bicyclic) bond motifs is 1. The molecular formula is C16H11N3O. The van der Waals surface area contributed by atoms with Gasteiger partial charge in [-0.1, -0.05) is 12.0 Å². The summed E-state index contributed by atoms with van der Waals surface area (Å²) in [4.78, 5) is 13.7. The van der Waals surface area contributed by atoms with Gasteiger partial charge in [0.2, 0.25) is 0 Å². The number of hydrogen-bond acceptors (Lipinski definition) is 4. The van der Waals surface area contributed by atoms with E-state index in [9.17, 15) is 0 Å². The molecule has 20 heavy (non-hydrogen) atoms. The average molecular weight is 261 g/mol. The van der Waals surface area contributed by atoms with E-state index in [0.29, 0.717) is 5.75 Å². The van der Waals surface area contributed by atoms with Crippen molar-refractivity contribution >= 4 is 16.6 Å². The number of rotatable bonds is 3. The topological polar surface area (TPSA) is 47.0 Å². The SMILES string of the molecule is C#Cc1cccc(NOc2ccc3cncnc3c2)c1. The molecule has 0 aliphatic carbocycles. The molecule has 0 radical (unpaired) electrons. The quantitative estimate of drug-likeness (QED) is 0.581. The molecule has 1 heterocycles. The number of nitrogens with one attached hydrogen (secondary N) is 1. The molecule has 3 rings (SSSR count). The van der Waals surface area contributed by atoms with Gasteiger partial charge in [0.25, 0.3) is 0 Å². The molecule has 0 bridgehead atoms. The number of anilines is 1. The number of aromatic nitrogens is 2. The summed E-state index contributed by atoms with van der Waals surface area (Å²) in [6.07, 6.45) is 8.63. The first-order chi connectivity index (χ1) is 9.85. The highest BCUT2D eigenvalue weighted by atomic mass is 16.6. The molecular weight excluding hydrogens is 250 g/mol. The van der Waals surface area contributed by atoms with E-state index in [1.165, 1.54) is 6.33 Å². The smallest absolute Gasteiger partial charge is 0.157 e. The molecule has 0 spiro atoms. The molecule has 0 aliphatic heterocycles. The Bertz CT molecular complexity index is 793. The Balaban J connectivity index is 1.78. The van der Waals surface area contributed by atoms with Crippen LogP contribution in [0.15, 0.2) is 55.0 Å². The fraction of sp³-hybridized carbons (Fsp3) is 0. The highest BCUT2D eigenvalue weighted by molar-refractivity contribution is 5.78. The van der Waals surface area contributed by atoms with Crippen molar-refractivity contribution in [3.05, 3.63) is 60.6 Å². The summed E-state index contributed by atoms with van der Waals surface area (Å²) in [5.74, 6) is 3.25. The van der Waals surface area contributed by atoms with Crippen molar-refractivity contribution in [1.29, 1.82) is 0 Å². The van der Waals surface area contributed by atoms with Crippen LogP contribution < -0.4 is 10.3 Å². The molecule has 4 nitrogen and oxygen atoms in total. The maximum Gasteiger partial charge on any atom is 0.157 e. The van der Waals surface area contributed by atoms with Crippen molar-refractivity contribution in [2.24, 2.45) is 0 Å². The van der Waals surface area contributed by atoms with E-state index in [-0.39, 0.29) is 0 Å². The van der Waals surface area contributed by atoms with E-state index in [1.54, 1.807) is 6.20 Å². The molecule has 0 atom stereocenters. The highest BCUT2D eigenvalue weighted by Gasteiger charge is 1.99. The predicted molar refractivity (Wildman–Crippen MR) is 78.2 cm³/mol. The van der Waals surface area contributed by atoms with Gasteiger partial charge in [0.05, 0.1) is 11.2 Å². The molecule has 4 heteroatoms. The molecule has 0 fully saturated rings. The third-order valence-electron chi connectivity index (χ3n) is 2.79. The van der Waals surface area contributed by atoms with Crippen molar-refractivity contribution in [3.8, 4) is 18.1 Å². The normalized spacial score (nSPS) is 9.95. The van der Waals surface area contributed by atoms with Crippen LogP contribution in [0.5, 0.6) is 5.75 Å². The summed E-state index contributed by atoms with van der Waals surface area (Å²) >= 11 is 0. The maximum atomic E-state index is 5.52. The maximum absolute atomic E-state index is 5.52. The average Bonchev–Trinajstić information content (AvgIpc) is 2.53. The van der Waals surface area contributed by atoms with Crippen LogP contribution in [0.25, 0.3) is 10.9 Å². The number of nitrogens with zero attached hydrogens (tertiary/aromatic N) is 2. The lowest BCUT2D eigenvalue weighted by Gasteiger charge is -2.08. The summed E-state index contributed by atoms with van der Waals surface area (Å²) in [5.41, 5.74) is 5.28. The fourth-order valence-electron chi connectivity index (χ4n) is 1.81. The second kappa shape index (κ2) is 5.29. The van der Waals surface area contributed by atoms with E-state index < -0.39 is 0 Å². The number of hydrogen-bond donors (Lipinski definition) is 1. The van der Waals surface area contributed by atoms with E-state index in [0.717, 1.165) is 22.2 Å². The lowest BCUT2D eigenvalue weighted by Crippen LogP contribution is -2.04. The first kappa shape index (κ1) is 12.0. The molecule has 0 amide bonds. The zero-order chi connectivity index (χ0) is 13.8. The van der Waals surface area contributed by atoms with Gasteiger partial charge < -0.3 is 4.84 Å². The van der Waals surface area contributed by atoms with Crippen LogP contribution in [-0.2, 0) is 0 Å². The molecule has 1 N–H and O–H groups in total. The van der Waals surface area contributed by atoms with Crippen LogP contribution in [0.4, 0.5) is 5.69 Å². The standard InChI is InChI=1S/C16H11N3O/c1-2-12-4-3-5-14(8-12)19-20-15-7-6-13-10-17-11-18-16(13)9-15/h1,3-11,19H. The molecule has 0 saturated heterocycles. The Kier molecular flexibility index (Phi) is 3.17. The minimum Gasteiger partial charge on any atom is -0.382 e. The van der Waals surface area contributed by atoms with Crippen LogP contribution in [-0.4, -0.2) is 9.97 Å². The van der Waals surface area contributed by atoms with Gasteiger partial charge in [0.1, 0.15) is 6.33 Å². The molecule has 3 aromatic rings. The third-order valence-corrected chi connectivity index (χ3v) is 2.79. The van der Waals surface area contributed by atoms with Crippen LogP contribution in [0.1, 0.15) is 5.56 Å². The van der Waals surface area contributed by atoms with Crippen molar-refractivity contribution in [3.63, 3.8) is 0 Å². The van der Waals surface area contributed by atoms with E-state index in [4.69, 9.17) is 11.3 Å². The summed E-state index contributed by atoms with van der Waals surface area (Å²) in [5, 5.41) is 0.967. The molecule has 2 aromatic carbocycles. The Hall–Kier alpha value is -3.06. The zero-order valence-electron chi connectivity index (χ0n) is 10.6. The minimum absolute atomic E-state index is 0.669. The number of benzene rings is 2. The summed E-state index contributed by atoms with van der Waals surface area (Å²) in [6.45, 7) is 0. The van der Waals surface area contributed by atoms with Gasteiger partial charge >= 0.3 is 0 Å². The van der Waals surface area contributed by atoms with Crippen molar-refractivity contribution < 1.29 is 4.84 Å². The zero-order valence-corrected chi connectivity index (χ0v) is 10.6. The summed E-state index contributed by atoms with van der Waals surface area (Å²) < 4.78 is 0. The first-order valence-electron chi connectivity index (χ1n) is 6.04. The van der Waals surface area contributed by atoms with E-state index in [2.05, 4.69) is 21.4 Å². The molecule has 1 aromatic heterocycles. The van der Waals surface area contributed by atoms with Crippen LogP contribution in [0, 0.1) is 12.3 Å². The number of terminal acetylenes is 1. The third kappa shape index (κ3) is 2.52. The predicted octanol–water partition coefficient (Wildman–Crippen LogP) is 3.02. The van der Waals surface area contributed by atoms with Crippen LogP contribution in [0.2, 0.25) is 0 Å². The Morgan fingerprint density at radius 3 is 3.00 bits per heavy atom. The second-order valence-corrected chi connectivity index (χ2v) is 4.17. The highest BCUT2D eigenvalue weighted by Crippen LogP contribution is 2.19. The van der Waals surface area contributed by atoms with Crippen LogP contribution >= 0.6 is 0 Å². The van der Waals surface area contributed by atoms with E-state index in [1.807, 2.05) is 42.5 Å². The summed E-state index contributed by atoms with van der Waals surface area (Å²) in [7, 11) is 0. The molecule has 0 unspecified atom stereocenters. The molecule has 96 valence electrons. The summed E-state index contributed by atoms with van der Waals surface area (Å²) in [6, 6.07) is 13.0. The second-order valence-electron chi connectivity index (χ2n) is 4.17. The van der Waals surface area contributed by atoms with Gasteiger partial charge in [0.15, 0.2) is 5.75 Å². The van der Waals surface area contributed by atoms with Gasteiger partial charge in [-0.2, -0.15) is 0 Å². The lowest BCUT2D eigenvalue weighted by atomic mass is 10.2. The van der Waals surface area contributed by atoms with E-state index >= 15 is 0 Å². The Morgan fingerprint density at radius 2 is 2.10 bits per heavy atom. The Labute approximate surface area is 116 Å². The van der Waals surface area contributed by atoms with Crippen molar-refractivity contribution in [1.82, 2.24) is 9.97 Å².